The van der Waals surface area contributed by atoms with Crippen LogP contribution in [0.25, 0.3) is 0 Å². The number of carbonyl (C=O) groups is 1. The van der Waals surface area contributed by atoms with Gasteiger partial charge >= 0.3 is 0 Å². The maximum Gasteiger partial charge on any atom is 0.223 e. The van der Waals surface area contributed by atoms with Crippen LogP contribution < -0.4 is 5.32 Å². The van der Waals surface area contributed by atoms with Gasteiger partial charge in [-0.2, -0.15) is 0 Å². The van der Waals surface area contributed by atoms with Crippen LogP contribution in [0.15, 0.2) is 0 Å². The molecule has 1 rings (SSSR count). The fourth-order valence-electron chi connectivity index (χ4n) is 2.02. The molecule has 1 N–H and O–H groups in total. The molecular weight excluding hydrogens is 202 g/mol. The first-order chi connectivity index (χ1) is 7.50. The summed E-state index contributed by atoms with van der Waals surface area (Å²) < 4.78 is 0. The lowest BCUT2D eigenvalue weighted by atomic mass is 10.2. The number of likely N-dealkylation sites (N-methyl/N-ethyl adjacent to an activating group) is 1. The van der Waals surface area contributed by atoms with E-state index in [1.54, 1.807) is 0 Å². The fourth-order valence-corrected chi connectivity index (χ4v) is 2.02. The Morgan fingerprint density at radius 3 is 2.69 bits per heavy atom. The Labute approximate surface area is 99.0 Å². The molecule has 0 aromatic heterocycles. The Morgan fingerprint density at radius 1 is 1.50 bits per heavy atom. The molecule has 4 heteroatoms. The van der Waals surface area contributed by atoms with E-state index < -0.39 is 0 Å². The molecule has 1 aliphatic rings. The Balaban J connectivity index is 2.23. The Morgan fingerprint density at radius 2 is 2.19 bits per heavy atom. The van der Waals surface area contributed by atoms with E-state index in [4.69, 9.17) is 0 Å². The van der Waals surface area contributed by atoms with Crippen molar-refractivity contribution in [3.63, 3.8) is 0 Å². The third-order valence-electron chi connectivity index (χ3n) is 3.14. The summed E-state index contributed by atoms with van der Waals surface area (Å²) in [6, 6.07) is 1.00. The summed E-state index contributed by atoms with van der Waals surface area (Å²) in [7, 11) is 4.16. The predicted molar refractivity (Wildman–Crippen MR) is 66.4 cm³/mol. The molecule has 1 fully saturated rings. The van der Waals surface area contributed by atoms with Crippen molar-refractivity contribution in [1.82, 2.24) is 15.1 Å². The molecule has 4 nitrogen and oxygen atoms in total. The first-order valence-corrected chi connectivity index (χ1v) is 6.18. The quantitative estimate of drug-likeness (QED) is 0.744. The van der Waals surface area contributed by atoms with Crippen molar-refractivity contribution in [2.45, 2.75) is 38.8 Å². The summed E-state index contributed by atoms with van der Waals surface area (Å²) in [6.07, 6.45) is 1.73. The maximum absolute atomic E-state index is 11.9. The monoisotopic (exact) mass is 227 g/mol. The van der Waals surface area contributed by atoms with Crippen LogP contribution in [0.5, 0.6) is 0 Å². The second kappa shape index (κ2) is 6.21. The highest BCUT2D eigenvalue weighted by Crippen LogP contribution is 2.13. The van der Waals surface area contributed by atoms with Gasteiger partial charge in [-0.15, -0.1) is 0 Å². The molecule has 0 aromatic carbocycles. The van der Waals surface area contributed by atoms with Crippen LogP contribution in [-0.4, -0.2) is 61.5 Å². The minimum Gasteiger partial charge on any atom is -0.341 e. The standard InChI is InChI=1S/C12H25N3O/c1-10(2)13-7-5-12(16)15-8-6-11(9-15)14(3)4/h10-11,13H,5-9H2,1-4H3. The summed E-state index contributed by atoms with van der Waals surface area (Å²) in [4.78, 5) is 16.1. The number of hydrogen-bond donors (Lipinski definition) is 1. The van der Waals surface area contributed by atoms with Gasteiger partial charge in [0, 0.05) is 38.1 Å². The molecule has 0 spiro atoms. The second-order valence-electron chi connectivity index (χ2n) is 5.10. The average Bonchev–Trinajstić information content (AvgIpc) is 2.65. The lowest BCUT2D eigenvalue weighted by Crippen LogP contribution is -2.36. The SMILES string of the molecule is CC(C)NCCC(=O)N1CCC(N(C)C)C1. The molecule has 1 aliphatic heterocycles. The molecule has 0 aliphatic carbocycles. The van der Waals surface area contributed by atoms with Gasteiger partial charge in [0.25, 0.3) is 0 Å². The van der Waals surface area contributed by atoms with Gasteiger partial charge < -0.3 is 15.1 Å². The van der Waals surface area contributed by atoms with Crippen LogP contribution in [0.2, 0.25) is 0 Å². The molecule has 1 atom stereocenters. The van der Waals surface area contributed by atoms with Crippen molar-refractivity contribution in [2.24, 2.45) is 0 Å². The lowest BCUT2D eigenvalue weighted by Gasteiger charge is -2.20. The number of nitrogens with one attached hydrogen (secondary N) is 1. The van der Waals surface area contributed by atoms with E-state index in [1.807, 2.05) is 4.90 Å². The van der Waals surface area contributed by atoms with E-state index in [2.05, 4.69) is 38.2 Å². The number of likely N-dealkylation sites (tertiary alicyclic amines) is 1. The Bertz CT molecular complexity index is 228. The molecule has 0 aromatic rings. The Kier molecular flexibility index (Phi) is 5.22. The highest BCUT2D eigenvalue weighted by molar-refractivity contribution is 5.76. The topological polar surface area (TPSA) is 35.6 Å². The van der Waals surface area contributed by atoms with E-state index in [0.717, 1.165) is 26.1 Å². The normalized spacial score (nSPS) is 21.1. The second-order valence-corrected chi connectivity index (χ2v) is 5.10. The third-order valence-corrected chi connectivity index (χ3v) is 3.14. The molecule has 1 amide bonds. The van der Waals surface area contributed by atoms with Crippen molar-refractivity contribution in [3.05, 3.63) is 0 Å². The van der Waals surface area contributed by atoms with E-state index in [0.29, 0.717) is 18.5 Å². The van der Waals surface area contributed by atoms with Gasteiger partial charge in [0.05, 0.1) is 0 Å². The molecule has 16 heavy (non-hydrogen) atoms. The number of amides is 1. The summed E-state index contributed by atoms with van der Waals surface area (Å²) in [5.74, 6) is 0.289. The van der Waals surface area contributed by atoms with E-state index in [-0.39, 0.29) is 5.91 Å². The van der Waals surface area contributed by atoms with Gasteiger partial charge in [-0.1, -0.05) is 13.8 Å². The average molecular weight is 227 g/mol. The van der Waals surface area contributed by atoms with E-state index in [9.17, 15) is 4.79 Å². The van der Waals surface area contributed by atoms with Gasteiger partial charge in [-0.3, -0.25) is 4.79 Å². The molecule has 0 radical (unpaired) electrons. The molecule has 1 unspecified atom stereocenters. The maximum atomic E-state index is 11.9. The third kappa shape index (κ3) is 4.10. The number of nitrogens with zero attached hydrogens (tertiary/aromatic N) is 2. The fraction of sp³-hybridized carbons (Fsp3) is 0.917. The van der Waals surface area contributed by atoms with Crippen LogP contribution in [0, 0.1) is 0 Å². The molecule has 1 heterocycles. The van der Waals surface area contributed by atoms with Crippen LogP contribution in [0.4, 0.5) is 0 Å². The molecular formula is C12H25N3O. The van der Waals surface area contributed by atoms with Gasteiger partial charge in [-0.25, -0.2) is 0 Å². The smallest absolute Gasteiger partial charge is 0.223 e. The number of rotatable bonds is 5. The molecule has 0 saturated carbocycles. The van der Waals surface area contributed by atoms with Crippen LogP contribution >= 0.6 is 0 Å². The van der Waals surface area contributed by atoms with E-state index in [1.165, 1.54) is 0 Å². The summed E-state index contributed by atoms with van der Waals surface area (Å²) >= 11 is 0. The largest absolute Gasteiger partial charge is 0.341 e. The van der Waals surface area contributed by atoms with Gasteiger partial charge in [0.15, 0.2) is 0 Å². The van der Waals surface area contributed by atoms with E-state index >= 15 is 0 Å². The summed E-state index contributed by atoms with van der Waals surface area (Å²) in [6.45, 7) is 6.81. The molecule has 1 saturated heterocycles. The minimum absolute atomic E-state index is 0.289. The Hall–Kier alpha value is -0.610. The number of carbonyl (C=O) groups excluding carboxylic acids is 1. The molecule has 94 valence electrons. The predicted octanol–water partition coefficient (Wildman–Crippen LogP) is 0.537. The number of hydrogen-bond acceptors (Lipinski definition) is 3. The van der Waals surface area contributed by atoms with Crippen molar-refractivity contribution >= 4 is 5.91 Å². The zero-order valence-electron chi connectivity index (χ0n) is 11.0. The van der Waals surface area contributed by atoms with Gasteiger partial charge in [-0.05, 0) is 20.5 Å². The van der Waals surface area contributed by atoms with Crippen molar-refractivity contribution in [2.75, 3.05) is 33.7 Å². The first-order valence-electron chi connectivity index (χ1n) is 6.18. The zero-order chi connectivity index (χ0) is 12.1. The lowest BCUT2D eigenvalue weighted by molar-refractivity contribution is -0.130. The van der Waals surface area contributed by atoms with Crippen molar-refractivity contribution < 1.29 is 4.79 Å². The van der Waals surface area contributed by atoms with Gasteiger partial charge in [0.2, 0.25) is 5.91 Å². The first kappa shape index (κ1) is 13.5. The van der Waals surface area contributed by atoms with Crippen LogP contribution in [0.3, 0.4) is 0 Å². The van der Waals surface area contributed by atoms with Crippen LogP contribution in [-0.2, 0) is 4.79 Å². The minimum atomic E-state index is 0.289. The van der Waals surface area contributed by atoms with Crippen LogP contribution in [0.1, 0.15) is 26.7 Å². The highest BCUT2D eigenvalue weighted by Gasteiger charge is 2.26. The van der Waals surface area contributed by atoms with Crippen molar-refractivity contribution in [3.8, 4) is 0 Å². The summed E-state index contributed by atoms with van der Waals surface area (Å²) in [5, 5.41) is 3.28. The van der Waals surface area contributed by atoms with Crippen molar-refractivity contribution in [1.29, 1.82) is 0 Å². The highest BCUT2D eigenvalue weighted by atomic mass is 16.2. The zero-order valence-corrected chi connectivity index (χ0v) is 11.0. The van der Waals surface area contributed by atoms with Gasteiger partial charge in [0.1, 0.15) is 0 Å². The summed E-state index contributed by atoms with van der Waals surface area (Å²) in [5.41, 5.74) is 0. The molecule has 0 bridgehead atoms.